The molecule has 1 rings (SSSR count). The van der Waals surface area contributed by atoms with Crippen LogP contribution >= 0.6 is 0 Å². The number of benzene rings is 1. The summed E-state index contributed by atoms with van der Waals surface area (Å²) in [5.74, 6) is -0.311. The van der Waals surface area contributed by atoms with Gasteiger partial charge in [-0.1, -0.05) is 13.0 Å². The van der Waals surface area contributed by atoms with Gasteiger partial charge in [-0.15, -0.1) is 0 Å². The lowest BCUT2D eigenvalue weighted by molar-refractivity contribution is 0.0505. The highest BCUT2D eigenvalue weighted by Gasteiger charge is 2.06. The van der Waals surface area contributed by atoms with E-state index in [4.69, 9.17) is 9.84 Å². The molecule has 88 valence electrons. The van der Waals surface area contributed by atoms with E-state index in [2.05, 4.69) is 5.32 Å². The van der Waals surface area contributed by atoms with Crippen LogP contribution in [0.1, 0.15) is 23.7 Å². The summed E-state index contributed by atoms with van der Waals surface area (Å²) in [6, 6.07) is 7.05. The van der Waals surface area contributed by atoms with Crippen LogP contribution < -0.4 is 5.32 Å². The zero-order chi connectivity index (χ0) is 11.8. The van der Waals surface area contributed by atoms with Crippen LogP contribution in [-0.2, 0) is 4.74 Å². The third-order valence-corrected chi connectivity index (χ3v) is 1.98. The van der Waals surface area contributed by atoms with Crippen molar-refractivity contribution in [2.75, 3.05) is 25.1 Å². The molecule has 0 saturated heterocycles. The molecule has 2 N–H and O–H groups in total. The SMILES string of the molecule is CCCOC(=O)c1cccc(NCCO)c1. The maximum absolute atomic E-state index is 11.5. The lowest BCUT2D eigenvalue weighted by atomic mass is 10.2. The number of nitrogens with one attached hydrogen (secondary N) is 1. The number of hydrogen-bond donors (Lipinski definition) is 2. The Kier molecular flexibility index (Phi) is 5.36. The summed E-state index contributed by atoms with van der Waals surface area (Å²) in [5, 5.41) is 11.7. The van der Waals surface area contributed by atoms with Crippen LogP contribution in [0.4, 0.5) is 5.69 Å². The van der Waals surface area contributed by atoms with E-state index in [1.807, 2.05) is 13.0 Å². The molecule has 0 atom stereocenters. The van der Waals surface area contributed by atoms with E-state index in [1.54, 1.807) is 18.2 Å². The number of rotatable bonds is 6. The van der Waals surface area contributed by atoms with Crippen LogP contribution in [0, 0.1) is 0 Å². The van der Waals surface area contributed by atoms with Crippen molar-refractivity contribution in [3.05, 3.63) is 29.8 Å². The molecule has 0 aliphatic rings. The van der Waals surface area contributed by atoms with Crippen LogP contribution in [0.2, 0.25) is 0 Å². The van der Waals surface area contributed by atoms with Gasteiger partial charge in [0.1, 0.15) is 0 Å². The molecule has 16 heavy (non-hydrogen) atoms. The van der Waals surface area contributed by atoms with Gasteiger partial charge in [-0.25, -0.2) is 4.79 Å². The molecule has 0 radical (unpaired) electrons. The van der Waals surface area contributed by atoms with Crippen LogP contribution in [0.3, 0.4) is 0 Å². The average Bonchev–Trinajstić information content (AvgIpc) is 2.33. The quantitative estimate of drug-likeness (QED) is 0.720. The van der Waals surface area contributed by atoms with Gasteiger partial charge in [-0.2, -0.15) is 0 Å². The number of aliphatic hydroxyl groups excluding tert-OH is 1. The normalized spacial score (nSPS) is 9.88. The highest BCUT2D eigenvalue weighted by Crippen LogP contribution is 2.11. The number of ether oxygens (including phenoxy) is 1. The largest absolute Gasteiger partial charge is 0.462 e. The van der Waals surface area contributed by atoms with Crippen molar-refractivity contribution in [1.29, 1.82) is 0 Å². The molecule has 0 spiro atoms. The van der Waals surface area contributed by atoms with Gasteiger partial charge in [-0.05, 0) is 24.6 Å². The lowest BCUT2D eigenvalue weighted by Gasteiger charge is -2.07. The van der Waals surface area contributed by atoms with Crippen molar-refractivity contribution in [3.8, 4) is 0 Å². The standard InChI is InChI=1S/C12H17NO3/c1-2-8-16-12(15)10-4-3-5-11(9-10)13-6-7-14/h3-5,9,13-14H,2,6-8H2,1H3. The van der Waals surface area contributed by atoms with Crippen molar-refractivity contribution in [1.82, 2.24) is 0 Å². The lowest BCUT2D eigenvalue weighted by Crippen LogP contribution is -2.08. The van der Waals surface area contributed by atoms with Gasteiger partial charge in [0.15, 0.2) is 0 Å². The van der Waals surface area contributed by atoms with Crippen molar-refractivity contribution < 1.29 is 14.6 Å². The van der Waals surface area contributed by atoms with Gasteiger partial charge in [0.2, 0.25) is 0 Å². The minimum Gasteiger partial charge on any atom is -0.462 e. The number of carbonyl (C=O) groups is 1. The van der Waals surface area contributed by atoms with E-state index in [1.165, 1.54) is 0 Å². The van der Waals surface area contributed by atoms with Gasteiger partial charge < -0.3 is 15.2 Å². The molecule has 0 aromatic heterocycles. The van der Waals surface area contributed by atoms with Crippen molar-refractivity contribution in [3.63, 3.8) is 0 Å². The first kappa shape index (κ1) is 12.5. The summed E-state index contributed by atoms with van der Waals surface area (Å²) in [5.41, 5.74) is 1.33. The maximum Gasteiger partial charge on any atom is 0.338 e. The molecular weight excluding hydrogens is 206 g/mol. The van der Waals surface area contributed by atoms with Gasteiger partial charge in [0.05, 0.1) is 18.8 Å². The van der Waals surface area contributed by atoms with Gasteiger partial charge in [0, 0.05) is 12.2 Å². The van der Waals surface area contributed by atoms with Crippen molar-refractivity contribution in [2.45, 2.75) is 13.3 Å². The molecule has 0 amide bonds. The number of esters is 1. The van der Waals surface area contributed by atoms with Crippen molar-refractivity contribution >= 4 is 11.7 Å². The molecule has 0 aliphatic heterocycles. The van der Waals surface area contributed by atoms with E-state index < -0.39 is 0 Å². The Morgan fingerprint density at radius 3 is 3.00 bits per heavy atom. The van der Waals surface area contributed by atoms with Gasteiger partial charge >= 0.3 is 5.97 Å². The van der Waals surface area contributed by atoms with Crippen LogP contribution in [0.15, 0.2) is 24.3 Å². The fourth-order valence-electron chi connectivity index (χ4n) is 1.23. The number of aliphatic hydroxyl groups is 1. The summed E-state index contributed by atoms with van der Waals surface area (Å²) >= 11 is 0. The smallest absolute Gasteiger partial charge is 0.338 e. The predicted molar refractivity (Wildman–Crippen MR) is 62.6 cm³/mol. The fraction of sp³-hybridized carbons (Fsp3) is 0.417. The Morgan fingerprint density at radius 2 is 2.31 bits per heavy atom. The second-order valence-electron chi connectivity index (χ2n) is 3.37. The summed E-state index contributed by atoms with van der Waals surface area (Å²) < 4.78 is 5.02. The average molecular weight is 223 g/mol. The maximum atomic E-state index is 11.5. The zero-order valence-corrected chi connectivity index (χ0v) is 9.40. The third-order valence-electron chi connectivity index (χ3n) is 1.98. The summed E-state index contributed by atoms with van der Waals surface area (Å²) in [4.78, 5) is 11.5. The topological polar surface area (TPSA) is 58.6 Å². The molecule has 0 fully saturated rings. The first-order chi connectivity index (χ1) is 7.77. The summed E-state index contributed by atoms with van der Waals surface area (Å²) in [6.07, 6.45) is 0.814. The minimum absolute atomic E-state index is 0.0600. The first-order valence-corrected chi connectivity index (χ1v) is 5.40. The number of hydrogen-bond acceptors (Lipinski definition) is 4. The first-order valence-electron chi connectivity index (χ1n) is 5.40. The monoisotopic (exact) mass is 223 g/mol. The van der Waals surface area contributed by atoms with Crippen LogP contribution in [-0.4, -0.2) is 30.8 Å². The summed E-state index contributed by atoms with van der Waals surface area (Å²) in [7, 11) is 0. The zero-order valence-electron chi connectivity index (χ0n) is 9.40. The Morgan fingerprint density at radius 1 is 1.50 bits per heavy atom. The van der Waals surface area contributed by atoms with Gasteiger partial charge in [-0.3, -0.25) is 0 Å². The molecule has 1 aromatic carbocycles. The minimum atomic E-state index is -0.311. The van der Waals surface area contributed by atoms with Crippen LogP contribution in [0.25, 0.3) is 0 Å². The number of carbonyl (C=O) groups excluding carboxylic acids is 1. The Labute approximate surface area is 95.2 Å². The third kappa shape index (κ3) is 3.90. The fourth-order valence-corrected chi connectivity index (χ4v) is 1.23. The van der Waals surface area contributed by atoms with Crippen LogP contribution in [0.5, 0.6) is 0 Å². The highest BCUT2D eigenvalue weighted by molar-refractivity contribution is 5.90. The molecule has 0 saturated carbocycles. The molecule has 0 heterocycles. The second kappa shape index (κ2) is 6.85. The predicted octanol–water partition coefficient (Wildman–Crippen LogP) is 1.66. The van der Waals surface area contributed by atoms with E-state index in [-0.39, 0.29) is 12.6 Å². The van der Waals surface area contributed by atoms with Crippen molar-refractivity contribution in [2.24, 2.45) is 0 Å². The van der Waals surface area contributed by atoms with E-state index in [0.717, 1.165) is 12.1 Å². The van der Waals surface area contributed by atoms with E-state index in [9.17, 15) is 4.79 Å². The Hall–Kier alpha value is -1.55. The Balaban J connectivity index is 2.62. The molecule has 0 bridgehead atoms. The molecule has 0 aliphatic carbocycles. The number of anilines is 1. The molecule has 0 unspecified atom stereocenters. The second-order valence-corrected chi connectivity index (χ2v) is 3.37. The highest BCUT2D eigenvalue weighted by atomic mass is 16.5. The van der Waals surface area contributed by atoms with E-state index >= 15 is 0 Å². The Bertz CT molecular complexity index is 339. The van der Waals surface area contributed by atoms with E-state index in [0.29, 0.717) is 18.7 Å². The van der Waals surface area contributed by atoms with Gasteiger partial charge in [0.25, 0.3) is 0 Å². The summed E-state index contributed by atoms with van der Waals surface area (Å²) in [6.45, 7) is 2.91. The molecule has 4 nitrogen and oxygen atoms in total. The molecule has 4 heteroatoms. The molecular formula is C12H17NO3. The molecule has 1 aromatic rings.